The van der Waals surface area contributed by atoms with Crippen LogP contribution in [0.1, 0.15) is 84.0 Å². The standard InChI is InChI=1S/C27H38F2O5/c1-2-27(28,29)24(31)34-22-20-6-19-7-21(22)13-26(11-19,12-20)23(30)33-15-32-14-25-8-16-3-17(9-25)5-18(4-16)10-25/h16-22H,2-15H2,1H3. The van der Waals surface area contributed by atoms with Crippen molar-refractivity contribution in [3.63, 3.8) is 0 Å². The second kappa shape index (κ2) is 8.14. The zero-order valence-electron chi connectivity index (χ0n) is 20.2. The van der Waals surface area contributed by atoms with Crippen molar-refractivity contribution in [1.29, 1.82) is 0 Å². The highest BCUT2D eigenvalue weighted by Crippen LogP contribution is 2.62. The Balaban J connectivity index is 1.03. The van der Waals surface area contributed by atoms with Crippen molar-refractivity contribution in [2.45, 2.75) is 96.0 Å². The fraction of sp³-hybridized carbons (Fsp3) is 0.926. The van der Waals surface area contributed by atoms with E-state index in [1.54, 1.807) is 0 Å². The van der Waals surface area contributed by atoms with Crippen LogP contribution in [0.5, 0.6) is 0 Å². The van der Waals surface area contributed by atoms with Crippen molar-refractivity contribution in [3.8, 4) is 0 Å². The third-order valence-electron chi connectivity index (χ3n) is 10.5. The van der Waals surface area contributed by atoms with Crippen molar-refractivity contribution in [1.82, 2.24) is 0 Å². The molecule has 0 aromatic carbocycles. The van der Waals surface area contributed by atoms with Crippen LogP contribution in [0.3, 0.4) is 0 Å². The van der Waals surface area contributed by atoms with E-state index in [0.29, 0.717) is 30.8 Å². The lowest BCUT2D eigenvalue weighted by Gasteiger charge is -2.58. The van der Waals surface area contributed by atoms with Crippen LogP contribution in [0, 0.1) is 46.3 Å². The lowest BCUT2D eigenvalue weighted by Crippen LogP contribution is -2.58. The maximum Gasteiger partial charge on any atom is 0.377 e. The van der Waals surface area contributed by atoms with Crippen LogP contribution in [0.25, 0.3) is 0 Å². The van der Waals surface area contributed by atoms with Gasteiger partial charge in [0, 0.05) is 6.42 Å². The molecule has 0 aromatic heterocycles. The molecule has 8 bridgehead atoms. The van der Waals surface area contributed by atoms with Gasteiger partial charge in [-0.3, -0.25) is 4.79 Å². The predicted octanol–water partition coefficient (Wildman–Crippen LogP) is 5.50. The van der Waals surface area contributed by atoms with Crippen molar-refractivity contribution in [2.75, 3.05) is 13.4 Å². The summed E-state index contributed by atoms with van der Waals surface area (Å²) in [5.74, 6) is -2.18. The summed E-state index contributed by atoms with van der Waals surface area (Å²) >= 11 is 0. The fourth-order valence-corrected chi connectivity index (χ4v) is 9.75. The van der Waals surface area contributed by atoms with E-state index < -0.39 is 29.8 Å². The first-order chi connectivity index (χ1) is 16.2. The largest absolute Gasteiger partial charge is 0.457 e. The monoisotopic (exact) mass is 480 g/mol. The second-order valence-corrected chi connectivity index (χ2v) is 13.0. The number of alkyl halides is 2. The highest BCUT2D eigenvalue weighted by atomic mass is 19.3. The molecule has 0 amide bonds. The molecule has 8 fully saturated rings. The van der Waals surface area contributed by atoms with Crippen LogP contribution in [-0.2, 0) is 23.8 Å². The van der Waals surface area contributed by atoms with E-state index in [4.69, 9.17) is 14.2 Å². The molecule has 0 aliphatic heterocycles. The van der Waals surface area contributed by atoms with Gasteiger partial charge in [-0.2, -0.15) is 8.78 Å². The van der Waals surface area contributed by atoms with Gasteiger partial charge in [0.25, 0.3) is 0 Å². The van der Waals surface area contributed by atoms with E-state index in [0.717, 1.165) is 37.0 Å². The van der Waals surface area contributed by atoms with Crippen molar-refractivity contribution < 1.29 is 32.6 Å². The minimum absolute atomic E-state index is 0.00344. The number of hydrogen-bond acceptors (Lipinski definition) is 5. The molecular weight excluding hydrogens is 442 g/mol. The molecule has 8 aliphatic rings. The van der Waals surface area contributed by atoms with Crippen LogP contribution in [0.15, 0.2) is 0 Å². The lowest BCUT2D eigenvalue weighted by atomic mass is 9.48. The smallest absolute Gasteiger partial charge is 0.377 e. The normalized spacial score (nSPS) is 46.0. The van der Waals surface area contributed by atoms with Gasteiger partial charge in [0.1, 0.15) is 6.10 Å². The highest BCUT2D eigenvalue weighted by Gasteiger charge is 2.61. The van der Waals surface area contributed by atoms with Crippen LogP contribution in [0.4, 0.5) is 8.78 Å². The summed E-state index contributed by atoms with van der Waals surface area (Å²) in [5, 5.41) is 0. The Morgan fingerprint density at radius 2 is 1.41 bits per heavy atom. The van der Waals surface area contributed by atoms with Crippen molar-refractivity contribution in [2.24, 2.45) is 46.3 Å². The van der Waals surface area contributed by atoms with Crippen molar-refractivity contribution in [3.05, 3.63) is 0 Å². The van der Waals surface area contributed by atoms with E-state index >= 15 is 0 Å². The first-order valence-corrected chi connectivity index (χ1v) is 13.5. The number of carbonyl (C=O) groups is 2. The summed E-state index contributed by atoms with van der Waals surface area (Å²) in [7, 11) is 0. The van der Waals surface area contributed by atoms with Gasteiger partial charge in [0.2, 0.25) is 0 Å². The summed E-state index contributed by atoms with van der Waals surface area (Å²) in [4.78, 5) is 25.2. The zero-order chi connectivity index (χ0) is 23.7. The van der Waals surface area contributed by atoms with Crippen molar-refractivity contribution >= 4 is 11.9 Å². The van der Waals surface area contributed by atoms with Crippen LogP contribution >= 0.6 is 0 Å². The molecule has 8 saturated carbocycles. The fourth-order valence-electron chi connectivity index (χ4n) is 9.75. The Labute approximate surface area is 200 Å². The summed E-state index contributed by atoms with van der Waals surface area (Å²) in [5.41, 5.74) is -0.282. The highest BCUT2D eigenvalue weighted by molar-refractivity contribution is 5.79. The third kappa shape index (κ3) is 3.88. The minimum Gasteiger partial charge on any atom is -0.457 e. The third-order valence-corrected chi connectivity index (χ3v) is 10.5. The molecule has 190 valence electrons. The lowest BCUT2D eigenvalue weighted by molar-refractivity contribution is -0.213. The minimum atomic E-state index is -3.45. The van der Waals surface area contributed by atoms with E-state index in [1.807, 2.05) is 0 Å². The molecule has 34 heavy (non-hydrogen) atoms. The average molecular weight is 481 g/mol. The van der Waals surface area contributed by atoms with Gasteiger partial charge in [-0.15, -0.1) is 0 Å². The Bertz CT molecular complexity index is 790. The maximum atomic E-state index is 13.8. The van der Waals surface area contributed by atoms with Crippen LogP contribution in [0.2, 0.25) is 0 Å². The molecule has 0 saturated heterocycles. The molecule has 2 unspecified atom stereocenters. The number of carbonyl (C=O) groups excluding carboxylic acids is 2. The van der Waals surface area contributed by atoms with E-state index in [1.165, 1.54) is 45.4 Å². The van der Waals surface area contributed by atoms with Gasteiger partial charge >= 0.3 is 17.9 Å². The molecular formula is C27H38F2O5. The van der Waals surface area contributed by atoms with E-state index in [9.17, 15) is 18.4 Å². The second-order valence-electron chi connectivity index (χ2n) is 13.0. The summed E-state index contributed by atoms with van der Waals surface area (Å²) in [6, 6.07) is 0. The molecule has 2 atom stereocenters. The molecule has 0 spiro atoms. The number of halogens is 2. The molecule has 8 rings (SSSR count). The van der Waals surface area contributed by atoms with Gasteiger partial charge in [0.15, 0.2) is 6.79 Å². The molecule has 0 heterocycles. The summed E-state index contributed by atoms with van der Waals surface area (Å²) in [6.45, 7) is 1.98. The van der Waals surface area contributed by atoms with Gasteiger partial charge in [-0.1, -0.05) is 6.92 Å². The number of hydrogen-bond donors (Lipinski definition) is 0. The summed E-state index contributed by atoms with van der Waals surface area (Å²) < 4.78 is 44.7. The number of ether oxygens (including phenoxy) is 3. The predicted molar refractivity (Wildman–Crippen MR) is 119 cm³/mol. The first-order valence-electron chi connectivity index (χ1n) is 13.5. The Hall–Kier alpha value is -1.24. The molecule has 0 N–H and O–H groups in total. The van der Waals surface area contributed by atoms with E-state index in [2.05, 4.69) is 0 Å². The zero-order valence-corrected chi connectivity index (χ0v) is 20.2. The Kier molecular flexibility index (Phi) is 5.55. The van der Waals surface area contributed by atoms with Crippen LogP contribution < -0.4 is 0 Å². The van der Waals surface area contributed by atoms with Gasteiger partial charge in [-0.05, 0) is 112 Å². The van der Waals surface area contributed by atoms with Crippen LogP contribution in [-0.4, -0.2) is 37.4 Å². The van der Waals surface area contributed by atoms with E-state index in [-0.39, 0.29) is 24.6 Å². The van der Waals surface area contributed by atoms with Gasteiger partial charge in [-0.25, -0.2) is 4.79 Å². The van der Waals surface area contributed by atoms with Gasteiger partial charge in [0.05, 0.1) is 12.0 Å². The maximum absolute atomic E-state index is 13.8. The summed E-state index contributed by atoms with van der Waals surface area (Å²) in [6.07, 6.45) is 10.5. The average Bonchev–Trinajstić information content (AvgIpc) is 2.77. The Morgan fingerprint density at radius 3 is 1.97 bits per heavy atom. The number of esters is 2. The molecule has 0 aromatic rings. The molecule has 7 heteroatoms. The quantitative estimate of drug-likeness (QED) is 0.261. The Morgan fingerprint density at radius 1 is 0.853 bits per heavy atom. The first kappa shape index (κ1) is 23.2. The molecule has 5 nitrogen and oxygen atoms in total. The number of rotatable bonds is 8. The SMILES string of the molecule is CCC(F)(F)C(=O)OC1C2CC3CC1CC(C(=O)OCOCC14CC5CC(CC(C5)C1)C4)(C3)C2. The molecule has 8 aliphatic carbocycles. The van der Waals surface area contributed by atoms with Gasteiger partial charge < -0.3 is 14.2 Å². The molecule has 0 radical (unpaired) electrons. The topological polar surface area (TPSA) is 61.8 Å².